The number of anilines is 3. The summed E-state index contributed by atoms with van der Waals surface area (Å²) in [6, 6.07) is 32.4. The van der Waals surface area contributed by atoms with Gasteiger partial charge in [0.15, 0.2) is 11.2 Å². The molecular formula is C37H25N3O2. The number of aromatic nitrogens is 2. The van der Waals surface area contributed by atoms with E-state index in [9.17, 15) is 0 Å². The molecule has 0 saturated carbocycles. The molecule has 4 heterocycles. The maximum Gasteiger partial charge on any atom is 0.153 e. The molecule has 0 radical (unpaired) electrons. The highest BCUT2D eigenvalue weighted by atomic mass is 16.3. The quantitative estimate of drug-likeness (QED) is 0.222. The summed E-state index contributed by atoms with van der Waals surface area (Å²) in [5.74, 6) is 0. The Hall–Kier alpha value is -5.42. The molecule has 4 aromatic carbocycles. The highest BCUT2D eigenvalue weighted by Gasteiger charge is 2.35. The SMILES string of the molecule is CC1(C)c2ccccc2-c2cc(N(c3ccc4c(c3)oc3cnccc34)c3ccc4c(c3)oc3cnccc34)ccc21. The van der Waals surface area contributed by atoms with Crippen molar-refractivity contribution in [1.82, 2.24) is 9.97 Å². The Morgan fingerprint density at radius 1 is 0.524 bits per heavy atom. The summed E-state index contributed by atoms with van der Waals surface area (Å²) in [6.07, 6.45) is 7.16. The van der Waals surface area contributed by atoms with Gasteiger partial charge in [-0.3, -0.25) is 9.97 Å². The van der Waals surface area contributed by atoms with Crippen LogP contribution in [0.25, 0.3) is 55.0 Å². The molecule has 5 heteroatoms. The molecule has 0 amide bonds. The fraction of sp³-hybridized carbons (Fsp3) is 0.0811. The fourth-order valence-electron chi connectivity index (χ4n) is 6.81. The van der Waals surface area contributed by atoms with Crippen LogP contribution in [0.1, 0.15) is 25.0 Å². The topological polar surface area (TPSA) is 55.3 Å². The molecule has 9 rings (SSSR count). The number of furan rings is 2. The molecule has 0 spiro atoms. The summed E-state index contributed by atoms with van der Waals surface area (Å²) in [5.41, 5.74) is 11.5. The van der Waals surface area contributed by atoms with Gasteiger partial charge in [0.25, 0.3) is 0 Å². The summed E-state index contributed by atoms with van der Waals surface area (Å²) < 4.78 is 12.5. The van der Waals surface area contributed by atoms with E-state index in [4.69, 9.17) is 8.83 Å². The molecule has 42 heavy (non-hydrogen) atoms. The van der Waals surface area contributed by atoms with Gasteiger partial charge in [0, 0.05) is 68.5 Å². The van der Waals surface area contributed by atoms with Crippen LogP contribution in [0, 0.1) is 0 Å². The normalized spacial score (nSPS) is 13.7. The lowest BCUT2D eigenvalue weighted by Crippen LogP contribution is -2.15. The van der Waals surface area contributed by atoms with E-state index < -0.39 is 0 Å². The molecule has 0 bridgehead atoms. The second-order valence-electron chi connectivity index (χ2n) is 11.5. The summed E-state index contributed by atoms with van der Waals surface area (Å²) in [5, 5.41) is 4.26. The van der Waals surface area contributed by atoms with Crippen molar-refractivity contribution in [3.05, 3.63) is 127 Å². The Morgan fingerprint density at radius 2 is 1.05 bits per heavy atom. The van der Waals surface area contributed by atoms with E-state index in [1.165, 1.54) is 22.3 Å². The molecule has 1 aliphatic carbocycles. The van der Waals surface area contributed by atoms with E-state index in [0.717, 1.165) is 60.9 Å². The number of rotatable bonds is 3. The van der Waals surface area contributed by atoms with Crippen molar-refractivity contribution in [2.75, 3.05) is 4.90 Å². The molecule has 0 N–H and O–H groups in total. The average molecular weight is 544 g/mol. The van der Waals surface area contributed by atoms with Gasteiger partial charge < -0.3 is 13.7 Å². The zero-order chi connectivity index (χ0) is 28.0. The standard InChI is InChI=1S/C37H25N3O2/c1-37(2)31-6-4-3-5-25(31)30-17-22(9-12-32(30)37)40(23-7-10-26-28-13-15-38-20-35(28)41-33(26)18-23)24-8-11-27-29-14-16-39-21-36(29)42-34(27)19-24/h3-21H,1-2H3. The number of fused-ring (bicyclic) bond motifs is 9. The van der Waals surface area contributed by atoms with Gasteiger partial charge in [-0.1, -0.05) is 44.2 Å². The first-order valence-corrected chi connectivity index (χ1v) is 14.1. The van der Waals surface area contributed by atoms with E-state index in [1.807, 2.05) is 12.1 Å². The number of pyridine rings is 2. The lowest BCUT2D eigenvalue weighted by molar-refractivity contribution is 0.660. The highest BCUT2D eigenvalue weighted by Crippen LogP contribution is 2.51. The molecular weight excluding hydrogens is 518 g/mol. The van der Waals surface area contributed by atoms with Crippen molar-refractivity contribution in [3.63, 3.8) is 0 Å². The predicted octanol–water partition coefficient (Wildman–Crippen LogP) is 10.1. The molecule has 0 unspecified atom stereocenters. The van der Waals surface area contributed by atoms with Crippen LogP contribution in [-0.2, 0) is 5.41 Å². The third-order valence-corrected chi connectivity index (χ3v) is 8.86. The summed E-state index contributed by atoms with van der Waals surface area (Å²) in [6.45, 7) is 4.62. The minimum absolute atomic E-state index is 0.0578. The molecule has 1 aliphatic rings. The van der Waals surface area contributed by atoms with Crippen molar-refractivity contribution >= 4 is 60.9 Å². The monoisotopic (exact) mass is 543 g/mol. The van der Waals surface area contributed by atoms with Gasteiger partial charge in [0.2, 0.25) is 0 Å². The van der Waals surface area contributed by atoms with Crippen LogP contribution in [0.3, 0.4) is 0 Å². The van der Waals surface area contributed by atoms with Crippen LogP contribution in [0.5, 0.6) is 0 Å². The van der Waals surface area contributed by atoms with Gasteiger partial charge in [-0.15, -0.1) is 0 Å². The third kappa shape index (κ3) is 3.19. The van der Waals surface area contributed by atoms with Gasteiger partial charge in [-0.25, -0.2) is 0 Å². The van der Waals surface area contributed by atoms with Gasteiger partial charge in [-0.05, 0) is 70.8 Å². The Labute approximate surface area is 241 Å². The third-order valence-electron chi connectivity index (χ3n) is 8.86. The lowest BCUT2D eigenvalue weighted by Gasteiger charge is -2.27. The average Bonchev–Trinajstić information content (AvgIpc) is 3.65. The van der Waals surface area contributed by atoms with Gasteiger partial charge >= 0.3 is 0 Å². The zero-order valence-electron chi connectivity index (χ0n) is 23.1. The van der Waals surface area contributed by atoms with Crippen LogP contribution in [0.15, 0.2) is 125 Å². The van der Waals surface area contributed by atoms with Crippen LogP contribution in [-0.4, -0.2) is 9.97 Å². The van der Waals surface area contributed by atoms with Gasteiger partial charge in [0.05, 0.1) is 12.4 Å². The van der Waals surface area contributed by atoms with E-state index in [-0.39, 0.29) is 5.41 Å². The number of benzene rings is 4. The molecule has 0 atom stereocenters. The molecule has 0 saturated heterocycles. The summed E-state index contributed by atoms with van der Waals surface area (Å²) in [7, 11) is 0. The van der Waals surface area contributed by atoms with E-state index in [1.54, 1.807) is 24.8 Å². The minimum Gasteiger partial charge on any atom is -0.454 e. The minimum atomic E-state index is -0.0578. The van der Waals surface area contributed by atoms with Crippen LogP contribution < -0.4 is 4.90 Å². The molecule has 0 fully saturated rings. The second kappa shape index (κ2) is 8.30. The highest BCUT2D eigenvalue weighted by molar-refractivity contribution is 6.07. The number of hydrogen-bond acceptors (Lipinski definition) is 5. The zero-order valence-corrected chi connectivity index (χ0v) is 23.1. The Kier molecular flexibility index (Phi) is 4.61. The lowest BCUT2D eigenvalue weighted by atomic mass is 9.82. The number of nitrogens with zero attached hydrogens (tertiary/aromatic N) is 3. The van der Waals surface area contributed by atoms with Crippen molar-refractivity contribution < 1.29 is 8.83 Å². The largest absolute Gasteiger partial charge is 0.454 e. The first-order chi connectivity index (χ1) is 20.6. The van der Waals surface area contributed by atoms with Crippen LogP contribution in [0.2, 0.25) is 0 Å². The maximum absolute atomic E-state index is 6.26. The van der Waals surface area contributed by atoms with E-state index >= 15 is 0 Å². The second-order valence-corrected chi connectivity index (χ2v) is 11.5. The van der Waals surface area contributed by atoms with Crippen molar-refractivity contribution in [3.8, 4) is 11.1 Å². The molecule has 8 aromatic rings. The maximum atomic E-state index is 6.26. The molecule has 5 nitrogen and oxygen atoms in total. The van der Waals surface area contributed by atoms with Crippen molar-refractivity contribution in [1.29, 1.82) is 0 Å². The summed E-state index contributed by atoms with van der Waals surface area (Å²) in [4.78, 5) is 10.8. The van der Waals surface area contributed by atoms with Crippen molar-refractivity contribution in [2.45, 2.75) is 19.3 Å². The van der Waals surface area contributed by atoms with Crippen LogP contribution in [0.4, 0.5) is 17.1 Å². The molecule has 200 valence electrons. The number of hydrogen-bond donors (Lipinski definition) is 0. The first kappa shape index (κ1) is 23.3. The van der Waals surface area contributed by atoms with Gasteiger partial charge in [0.1, 0.15) is 11.2 Å². The smallest absolute Gasteiger partial charge is 0.153 e. The predicted molar refractivity (Wildman–Crippen MR) is 169 cm³/mol. The van der Waals surface area contributed by atoms with Gasteiger partial charge in [-0.2, -0.15) is 0 Å². The fourth-order valence-corrected chi connectivity index (χ4v) is 6.81. The first-order valence-electron chi connectivity index (χ1n) is 14.1. The Morgan fingerprint density at radius 3 is 1.69 bits per heavy atom. The van der Waals surface area contributed by atoms with Crippen molar-refractivity contribution in [2.24, 2.45) is 0 Å². The molecule has 4 aromatic heterocycles. The van der Waals surface area contributed by atoms with E-state index in [0.29, 0.717) is 0 Å². The van der Waals surface area contributed by atoms with Crippen LogP contribution >= 0.6 is 0 Å². The Bertz CT molecular complexity index is 2250. The molecule has 0 aliphatic heterocycles. The summed E-state index contributed by atoms with van der Waals surface area (Å²) >= 11 is 0. The van der Waals surface area contributed by atoms with E-state index in [2.05, 4.69) is 108 Å². The Balaban J connectivity index is 1.28.